The largest absolute Gasteiger partial charge is 0.491 e. The van der Waals surface area contributed by atoms with E-state index in [1.807, 2.05) is 115 Å². The molecular weight excluding hydrogens is 1010 g/mol. The van der Waals surface area contributed by atoms with Gasteiger partial charge in [-0.25, -0.2) is 4.98 Å². The molecule has 3 atom stereocenters. The molecule has 4 heterocycles. The second-order valence-corrected chi connectivity index (χ2v) is 21.9. The molecule has 2 fully saturated rings. The summed E-state index contributed by atoms with van der Waals surface area (Å²) in [4.78, 5) is 79.2. The molecule has 18 nitrogen and oxygen atoms in total. The van der Waals surface area contributed by atoms with Crippen LogP contribution >= 0.6 is 11.3 Å². The average Bonchev–Trinajstić information content (AvgIpc) is 4.13. The molecule has 2 aromatic heterocycles. The molecular formula is C59H77N7O11S. The zero-order chi connectivity index (χ0) is 55.9. The lowest BCUT2D eigenvalue weighted by molar-refractivity contribution is -0.144. The van der Waals surface area contributed by atoms with E-state index in [4.69, 9.17) is 23.7 Å². The van der Waals surface area contributed by atoms with E-state index in [9.17, 15) is 29.1 Å². The average molecular weight is 1090 g/mol. The Labute approximate surface area is 461 Å². The van der Waals surface area contributed by atoms with Gasteiger partial charge in [-0.05, 0) is 117 Å². The van der Waals surface area contributed by atoms with Crippen molar-refractivity contribution in [1.82, 2.24) is 30.8 Å². The lowest BCUT2D eigenvalue weighted by Gasteiger charge is -2.37. The van der Waals surface area contributed by atoms with Gasteiger partial charge in [0.15, 0.2) is 0 Å². The van der Waals surface area contributed by atoms with Gasteiger partial charge in [-0.1, -0.05) is 57.2 Å². The fraction of sp³-hybridized carbons (Fsp3) is 0.492. The highest BCUT2D eigenvalue weighted by molar-refractivity contribution is 7.13. The summed E-state index contributed by atoms with van der Waals surface area (Å²) >= 11 is 1.57. The Kier molecular flexibility index (Phi) is 21.2. The molecule has 2 aliphatic heterocycles. The second-order valence-electron chi connectivity index (χ2n) is 21.0. The molecule has 2 aliphatic rings. The Bertz CT molecular complexity index is 2880. The van der Waals surface area contributed by atoms with E-state index < -0.39 is 35.4 Å². The fourth-order valence-corrected chi connectivity index (χ4v) is 10.7. The normalized spacial score (nSPS) is 16.2. The molecule has 7 rings (SSSR count). The van der Waals surface area contributed by atoms with Crippen LogP contribution in [-0.2, 0) is 46.4 Å². The first-order chi connectivity index (χ1) is 37.4. The zero-order valence-electron chi connectivity index (χ0n) is 46.3. The van der Waals surface area contributed by atoms with E-state index >= 15 is 0 Å². The molecule has 5 N–H and O–H groups in total. The van der Waals surface area contributed by atoms with Gasteiger partial charge in [-0.3, -0.25) is 24.0 Å². The van der Waals surface area contributed by atoms with Gasteiger partial charge in [0.1, 0.15) is 31.0 Å². The summed E-state index contributed by atoms with van der Waals surface area (Å²) in [6, 6.07) is 20.0. The van der Waals surface area contributed by atoms with Gasteiger partial charge >= 0.3 is 0 Å². The molecule has 0 aliphatic carbocycles. The number of H-pyrrole nitrogens is 1. The maximum atomic E-state index is 14.0. The van der Waals surface area contributed by atoms with E-state index in [0.29, 0.717) is 56.5 Å². The topological polar surface area (TPSA) is 223 Å². The number of β-amino-alcohol motifs (C(OH)–C–C–N with tert-alkyl or cyclic N) is 1. The number of nitrogens with one attached hydrogen (secondary N) is 4. The summed E-state index contributed by atoms with van der Waals surface area (Å²) in [6.45, 7) is 19.0. The summed E-state index contributed by atoms with van der Waals surface area (Å²) in [6.07, 6.45) is 0.997. The zero-order valence-corrected chi connectivity index (χ0v) is 47.1. The molecule has 0 spiro atoms. The van der Waals surface area contributed by atoms with Crippen molar-refractivity contribution >= 4 is 40.7 Å². The van der Waals surface area contributed by atoms with Crippen molar-refractivity contribution in [3.05, 3.63) is 122 Å². The molecule has 78 heavy (non-hydrogen) atoms. The van der Waals surface area contributed by atoms with Crippen molar-refractivity contribution in [2.24, 2.45) is 5.41 Å². The minimum atomic E-state index is -0.980. The number of hydrogen-bond donors (Lipinski definition) is 5. The van der Waals surface area contributed by atoms with Crippen LogP contribution in [-0.4, -0.2) is 140 Å². The number of aromatic nitrogens is 2. The number of likely N-dealkylation sites (tertiary alicyclic amines) is 1. The van der Waals surface area contributed by atoms with Crippen molar-refractivity contribution in [3.8, 4) is 27.3 Å². The van der Waals surface area contributed by atoms with E-state index in [1.54, 1.807) is 11.3 Å². The molecule has 3 unspecified atom stereocenters. The van der Waals surface area contributed by atoms with Crippen LogP contribution in [0.4, 0.5) is 5.69 Å². The summed E-state index contributed by atoms with van der Waals surface area (Å²) < 4.78 is 28.6. The van der Waals surface area contributed by atoms with E-state index in [2.05, 4.69) is 43.8 Å². The van der Waals surface area contributed by atoms with Crippen LogP contribution in [0.3, 0.4) is 0 Å². The number of thiazole rings is 1. The van der Waals surface area contributed by atoms with Crippen LogP contribution in [0, 0.1) is 33.1 Å². The number of benzene rings is 3. The number of nitrogens with zero attached hydrogens (tertiary/aromatic N) is 3. The van der Waals surface area contributed by atoms with Crippen LogP contribution in [0.25, 0.3) is 21.6 Å². The highest BCUT2D eigenvalue weighted by Crippen LogP contribution is 2.35. The van der Waals surface area contributed by atoms with E-state index in [1.165, 1.54) is 4.90 Å². The molecule has 3 aromatic carbocycles. The maximum absolute atomic E-state index is 14.0. The third-order valence-electron chi connectivity index (χ3n) is 14.2. The predicted molar refractivity (Wildman–Crippen MR) is 301 cm³/mol. The second kappa shape index (κ2) is 27.9. The van der Waals surface area contributed by atoms with Crippen molar-refractivity contribution in [1.29, 1.82) is 0 Å². The first-order valence-corrected chi connectivity index (χ1v) is 27.8. The number of aliphatic hydroxyl groups is 1. The predicted octanol–water partition coefficient (Wildman–Crippen LogP) is 6.57. The first kappa shape index (κ1) is 59.2. The van der Waals surface area contributed by atoms with Crippen molar-refractivity contribution in [2.45, 2.75) is 112 Å². The number of amides is 4. The fourth-order valence-electron chi connectivity index (χ4n) is 9.94. The smallest absolute Gasteiger partial charge is 0.253 e. The Morgan fingerprint density at radius 1 is 0.859 bits per heavy atom. The minimum Gasteiger partial charge on any atom is -0.491 e. The van der Waals surface area contributed by atoms with Crippen LogP contribution in [0.15, 0.2) is 77.0 Å². The Morgan fingerprint density at radius 3 is 2.17 bits per heavy atom. The molecule has 420 valence electrons. The Morgan fingerprint density at radius 2 is 1.53 bits per heavy atom. The van der Waals surface area contributed by atoms with E-state index in [-0.39, 0.29) is 69.3 Å². The van der Waals surface area contributed by atoms with Gasteiger partial charge in [0.05, 0.1) is 55.2 Å². The summed E-state index contributed by atoms with van der Waals surface area (Å²) in [5, 5.41) is 19.3. The number of pyridine rings is 1. The lowest BCUT2D eigenvalue weighted by atomic mass is 9.85. The van der Waals surface area contributed by atoms with Crippen LogP contribution in [0.5, 0.6) is 5.75 Å². The third-order valence-corrected chi connectivity index (χ3v) is 15.2. The first-order valence-electron chi connectivity index (χ1n) is 26.9. The standard InChI is InChI=1S/C59H77N7O11S/c1-9-65(45-18-20-73-21-19-45)50-30-44(29-48(39(50)4)55(69)61-33-49-37(2)28-38(3)63-56(49)70)42-14-16-47(17-15-42)77-27-26-75-23-22-74-24-25-76-35-52(68)64-54(59(6,7)8)58(72)66-34-46(67)31-51(66)57(71)60-32-41-10-12-43(13-11-41)53-40(5)62-36-78-53/h10-17,28-30,36,45-46,51,54,67H,9,18-27,31-35H2,1-8H3,(H,60,71)(H,61,69)(H,63,70)(H,64,68). The minimum absolute atomic E-state index is 0.0263. The Hall–Kier alpha value is -6.48. The number of carbonyl (C=O) groups excluding carboxylic acids is 4. The van der Waals surface area contributed by atoms with Crippen molar-refractivity contribution < 1.29 is 48.0 Å². The summed E-state index contributed by atoms with van der Waals surface area (Å²) in [5.41, 5.74) is 10.1. The summed E-state index contributed by atoms with van der Waals surface area (Å²) in [7, 11) is 0. The molecule has 2 saturated heterocycles. The number of ether oxygens (including phenoxy) is 5. The number of carbonyl (C=O) groups is 4. The summed E-state index contributed by atoms with van der Waals surface area (Å²) in [5.74, 6) is -0.916. The third kappa shape index (κ3) is 15.8. The Balaban J connectivity index is 0.816. The van der Waals surface area contributed by atoms with Gasteiger partial charge < -0.3 is 59.5 Å². The van der Waals surface area contributed by atoms with Crippen molar-refractivity contribution in [3.63, 3.8) is 0 Å². The van der Waals surface area contributed by atoms with E-state index in [0.717, 1.165) is 74.7 Å². The molecule has 5 aromatic rings. The number of hydrogen-bond acceptors (Lipinski definition) is 14. The number of aromatic amines is 1. The molecule has 4 amide bonds. The SMILES string of the molecule is CCN(c1cc(-c2ccc(OCCOCCOCCOCC(=O)NC(C(=O)N3CC(O)CC3C(=O)NCc3ccc(-c4scnc4C)cc3)C(C)(C)C)cc2)cc(C(=O)NCc2c(C)cc(C)[nH]c2=O)c1C)C1CCOCC1. The van der Waals surface area contributed by atoms with Crippen LogP contribution in [0.2, 0.25) is 0 Å². The molecule has 0 radical (unpaired) electrons. The monoisotopic (exact) mass is 1090 g/mol. The number of rotatable bonds is 25. The molecule has 0 bridgehead atoms. The van der Waals surface area contributed by atoms with Gasteiger partial charge in [0, 0.05) is 74.4 Å². The van der Waals surface area contributed by atoms with Crippen LogP contribution < -0.4 is 31.1 Å². The molecule has 19 heteroatoms. The van der Waals surface area contributed by atoms with Crippen molar-refractivity contribution in [2.75, 3.05) is 77.5 Å². The molecule has 0 saturated carbocycles. The number of aliphatic hydroxyl groups excluding tert-OH is 1. The lowest BCUT2D eigenvalue weighted by Crippen LogP contribution is -2.58. The number of aryl methyl sites for hydroxylation is 3. The number of anilines is 1. The quantitative estimate of drug-likeness (QED) is 0.0391. The maximum Gasteiger partial charge on any atom is 0.253 e. The highest BCUT2D eigenvalue weighted by Gasteiger charge is 2.44. The van der Waals surface area contributed by atoms with Gasteiger partial charge in [-0.2, -0.15) is 0 Å². The van der Waals surface area contributed by atoms with Gasteiger partial charge in [0.25, 0.3) is 11.5 Å². The highest BCUT2D eigenvalue weighted by atomic mass is 32.1. The van der Waals surface area contributed by atoms with Gasteiger partial charge in [0.2, 0.25) is 17.7 Å². The van der Waals surface area contributed by atoms with Gasteiger partial charge in [-0.15, -0.1) is 11.3 Å². The van der Waals surface area contributed by atoms with Crippen LogP contribution in [0.1, 0.15) is 91.0 Å².